The summed E-state index contributed by atoms with van der Waals surface area (Å²) in [5.74, 6) is 0.891. The van der Waals surface area contributed by atoms with E-state index in [0.29, 0.717) is 0 Å². The molecule has 0 aliphatic heterocycles. The maximum Gasteiger partial charge on any atom is 0.113 e. The quantitative estimate of drug-likeness (QED) is 0.876. The summed E-state index contributed by atoms with van der Waals surface area (Å²) in [4.78, 5) is 4.67. The average molecular weight is 238 g/mol. The van der Waals surface area contributed by atoms with Gasteiger partial charge in [0.1, 0.15) is 5.01 Å². The highest BCUT2D eigenvalue weighted by molar-refractivity contribution is 7.09. The van der Waals surface area contributed by atoms with Crippen LogP contribution < -0.4 is 5.73 Å². The Morgan fingerprint density at radius 1 is 1.44 bits per heavy atom. The molecule has 90 valence electrons. The molecule has 1 aromatic heterocycles. The smallest absolute Gasteiger partial charge is 0.113 e. The minimum atomic E-state index is -0.121. The molecule has 1 aromatic rings. The molecule has 0 radical (unpaired) electrons. The minimum Gasteiger partial charge on any atom is -0.319 e. The van der Waals surface area contributed by atoms with Gasteiger partial charge in [-0.15, -0.1) is 11.3 Å². The van der Waals surface area contributed by atoms with Crippen LogP contribution in [0, 0.1) is 5.92 Å². The first-order valence-corrected chi connectivity index (χ1v) is 7.29. The van der Waals surface area contributed by atoms with Crippen LogP contribution in [0.15, 0.2) is 5.38 Å². The van der Waals surface area contributed by atoms with E-state index >= 15 is 0 Å². The van der Waals surface area contributed by atoms with Crippen molar-refractivity contribution in [2.75, 3.05) is 0 Å². The molecule has 0 saturated heterocycles. The van der Waals surface area contributed by atoms with Crippen LogP contribution in [0.2, 0.25) is 0 Å². The van der Waals surface area contributed by atoms with Crippen molar-refractivity contribution in [1.29, 1.82) is 0 Å². The van der Waals surface area contributed by atoms with Crippen molar-refractivity contribution < 1.29 is 0 Å². The van der Waals surface area contributed by atoms with E-state index in [2.05, 4.69) is 24.2 Å². The van der Waals surface area contributed by atoms with E-state index in [1.54, 1.807) is 11.3 Å². The molecule has 1 fully saturated rings. The van der Waals surface area contributed by atoms with Crippen LogP contribution in [-0.2, 0) is 12.0 Å². The van der Waals surface area contributed by atoms with E-state index in [1.807, 2.05) is 0 Å². The van der Waals surface area contributed by atoms with Gasteiger partial charge in [-0.3, -0.25) is 0 Å². The largest absolute Gasteiger partial charge is 0.319 e. The Balaban J connectivity index is 2.08. The van der Waals surface area contributed by atoms with Crippen LogP contribution in [-0.4, -0.2) is 4.98 Å². The van der Waals surface area contributed by atoms with Crippen molar-refractivity contribution in [2.45, 2.75) is 57.9 Å². The summed E-state index contributed by atoms with van der Waals surface area (Å²) in [6.07, 6.45) is 7.09. The van der Waals surface area contributed by atoms with Crippen molar-refractivity contribution in [2.24, 2.45) is 11.7 Å². The molecule has 0 amide bonds. The van der Waals surface area contributed by atoms with Crippen LogP contribution in [0.4, 0.5) is 0 Å². The fourth-order valence-corrected chi connectivity index (χ4v) is 3.59. The molecule has 1 heterocycles. The van der Waals surface area contributed by atoms with Crippen molar-refractivity contribution in [3.8, 4) is 0 Å². The monoisotopic (exact) mass is 238 g/mol. The minimum absolute atomic E-state index is 0.121. The fourth-order valence-electron chi connectivity index (χ4n) is 2.51. The fraction of sp³-hybridized carbons (Fsp3) is 0.769. The molecule has 1 saturated carbocycles. The van der Waals surface area contributed by atoms with E-state index in [4.69, 9.17) is 5.73 Å². The second kappa shape index (κ2) is 4.84. The van der Waals surface area contributed by atoms with E-state index in [1.165, 1.54) is 30.0 Å². The van der Waals surface area contributed by atoms with E-state index in [-0.39, 0.29) is 5.54 Å². The topological polar surface area (TPSA) is 38.9 Å². The molecule has 2 nitrogen and oxygen atoms in total. The molecule has 3 heteroatoms. The third-order valence-electron chi connectivity index (χ3n) is 3.91. The zero-order chi connectivity index (χ0) is 11.6. The molecule has 0 bridgehead atoms. The highest BCUT2D eigenvalue weighted by atomic mass is 32.1. The lowest BCUT2D eigenvalue weighted by molar-refractivity contribution is 0.231. The highest BCUT2D eigenvalue weighted by Gasteiger charge is 2.34. The Bertz CT molecular complexity index is 337. The number of thiazole rings is 1. The van der Waals surface area contributed by atoms with Gasteiger partial charge in [0.25, 0.3) is 0 Å². The van der Waals surface area contributed by atoms with Gasteiger partial charge >= 0.3 is 0 Å². The zero-order valence-corrected chi connectivity index (χ0v) is 11.1. The average Bonchev–Trinajstić information content (AvgIpc) is 2.79. The number of hydrogen-bond donors (Lipinski definition) is 1. The van der Waals surface area contributed by atoms with E-state index in [0.717, 1.165) is 25.2 Å². The van der Waals surface area contributed by atoms with Gasteiger partial charge in [-0.2, -0.15) is 0 Å². The second-order valence-electron chi connectivity index (χ2n) is 5.01. The molecule has 0 aromatic carbocycles. The summed E-state index contributed by atoms with van der Waals surface area (Å²) < 4.78 is 0. The van der Waals surface area contributed by atoms with Gasteiger partial charge < -0.3 is 5.73 Å². The lowest BCUT2D eigenvalue weighted by atomic mass is 9.76. The van der Waals surface area contributed by atoms with Gasteiger partial charge in [-0.05, 0) is 38.0 Å². The lowest BCUT2D eigenvalue weighted by Crippen LogP contribution is -2.40. The first-order chi connectivity index (χ1) is 7.68. The molecule has 2 rings (SSSR count). The summed E-state index contributed by atoms with van der Waals surface area (Å²) in [6, 6.07) is 0. The maximum absolute atomic E-state index is 6.51. The summed E-state index contributed by atoms with van der Waals surface area (Å²) in [7, 11) is 0. The Labute approximate surface area is 102 Å². The molecule has 2 N–H and O–H groups in total. The number of nitrogens with zero attached hydrogens (tertiary/aromatic N) is 1. The first-order valence-electron chi connectivity index (χ1n) is 6.41. The highest BCUT2D eigenvalue weighted by Crippen LogP contribution is 2.39. The van der Waals surface area contributed by atoms with Crippen LogP contribution in [0.5, 0.6) is 0 Å². The van der Waals surface area contributed by atoms with Crippen molar-refractivity contribution in [3.05, 3.63) is 16.1 Å². The summed E-state index contributed by atoms with van der Waals surface area (Å²) in [6.45, 7) is 4.43. The molecule has 1 aliphatic carbocycles. The molecular weight excluding hydrogens is 216 g/mol. The predicted molar refractivity (Wildman–Crippen MR) is 69.6 cm³/mol. The molecule has 0 unspecified atom stereocenters. The zero-order valence-electron chi connectivity index (χ0n) is 10.3. The molecular formula is C13H22N2S. The third-order valence-corrected chi connectivity index (χ3v) is 5.03. The SMILES string of the molecule is CCc1csc(C2(N)CCC(CC)CC2)n1. The third kappa shape index (κ3) is 2.30. The van der Waals surface area contributed by atoms with E-state index in [9.17, 15) is 0 Å². The number of aromatic nitrogens is 1. The van der Waals surface area contributed by atoms with Crippen molar-refractivity contribution in [1.82, 2.24) is 4.98 Å². The normalized spacial score (nSPS) is 30.6. The van der Waals surface area contributed by atoms with Crippen LogP contribution in [0.3, 0.4) is 0 Å². The predicted octanol–water partition coefficient (Wildman–Crippen LogP) is 3.46. The van der Waals surface area contributed by atoms with E-state index < -0.39 is 0 Å². The molecule has 16 heavy (non-hydrogen) atoms. The van der Waals surface area contributed by atoms with Gasteiger partial charge in [0.15, 0.2) is 0 Å². The van der Waals surface area contributed by atoms with Gasteiger partial charge in [0, 0.05) is 5.38 Å². The maximum atomic E-state index is 6.51. The number of rotatable bonds is 3. The Hall–Kier alpha value is -0.410. The Morgan fingerprint density at radius 3 is 2.62 bits per heavy atom. The number of nitrogens with two attached hydrogens (primary N) is 1. The lowest BCUT2D eigenvalue weighted by Gasteiger charge is -2.35. The van der Waals surface area contributed by atoms with Crippen LogP contribution in [0.25, 0.3) is 0 Å². The molecule has 0 spiro atoms. The summed E-state index contributed by atoms with van der Waals surface area (Å²) >= 11 is 1.75. The van der Waals surface area contributed by atoms with Crippen LogP contribution >= 0.6 is 11.3 Å². The first kappa shape index (κ1) is 12.1. The summed E-state index contributed by atoms with van der Waals surface area (Å²) in [5, 5.41) is 3.33. The summed E-state index contributed by atoms with van der Waals surface area (Å²) in [5.41, 5.74) is 7.59. The molecule has 1 aliphatic rings. The Morgan fingerprint density at radius 2 is 2.12 bits per heavy atom. The Kier molecular flexibility index (Phi) is 3.65. The van der Waals surface area contributed by atoms with Gasteiger partial charge in [-0.25, -0.2) is 4.98 Å². The number of hydrogen-bond acceptors (Lipinski definition) is 3. The van der Waals surface area contributed by atoms with Gasteiger partial charge in [-0.1, -0.05) is 20.3 Å². The van der Waals surface area contributed by atoms with Gasteiger partial charge in [0.05, 0.1) is 11.2 Å². The number of aryl methyl sites for hydroxylation is 1. The second-order valence-corrected chi connectivity index (χ2v) is 5.86. The molecule has 0 atom stereocenters. The standard InChI is InChI=1S/C13H22N2S/c1-3-10-5-7-13(14,8-6-10)12-15-11(4-2)9-16-12/h9-10H,3-8,14H2,1-2H3. The van der Waals surface area contributed by atoms with Crippen LogP contribution in [0.1, 0.15) is 56.7 Å². The van der Waals surface area contributed by atoms with Crippen molar-refractivity contribution >= 4 is 11.3 Å². The van der Waals surface area contributed by atoms with Gasteiger partial charge in [0.2, 0.25) is 0 Å². The van der Waals surface area contributed by atoms with Crippen molar-refractivity contribution in [3.63, 3.8) is 0 Å².